The van der Waals surface area contributed by atoms with E-state index in [1.807, 2.05) is 48.5 Å². The fourth-order valence-electron chi connectivity index (χ4n) is 2.48. The maximum atomic E-state index is 7.18. The van der Waals surface area contributed by atoms with Gasteiger partial charge >= 0.3 is 0 Å². The molecule has 0 saturated carbocycles. The van der Waals surface area contributed by atoms with Crippen LogP contribution in [0.5, 0.6) is 11.5 Å². The Kier molecular flexibility index (Phi) is 9.02. The van der Waals surface area contributed by atoms with Crippen molar-refractivity contribution in [3.05, 3.63) is 71.8 Å². The van der Waals surface area contributed by atoms with E-state index in [0.29, 0.717) is 13.2 Å². The molecule has 2 aromatic carbocycles. The molecule has 29 heavy (non-hydrogen) atoms. The van der Waals surface area contributed by atoms with Gasteiger partial charge in [0, 0.05) is 0 Å². The minimum atomic E-state index is 0.0353. The second-order valence-electron chi connectivity index (χ2n) is 6.47. The number of hydrogen-bond donors (Lipinski definition) is 4. The summed E-state index contributed by atoms with van der Waals surface area (Å²) in [6.07, 6.45) is 9.65. The second-order valence-corrected chi connectivity index (χ2v) is 6.47. The van der Waals surface area contributed by atoms with Crippen LogP contribution in [0.25, 0.3) is 12.2 Å². The number of amidine groups is 2. The lowest BCUT2D eigenvalue weighted by Crippen LogP contribution is -2.03. The van der Waals surface area contributed by atoms with Gasteiger partial charge < -0.3 is 20.9 Å². The third-order valence-corrected chi connectivity index (χ3v) is 4.00. The summed E-state index contributed by atoms with van der Waals surface area (Å²) in [6, 6.07) is 15.4. The molecule has 0 radical (unpaired) electrons. The molecule has 0 aromatic heterocycles. The van der Waals surface area contributed by atoms with Crippen LogP contribution in [0.1, 0.15) is 30.4 Å². The number of benzene rings is 2. The van der Waals surface area contributed by atoms with E-state index in [9.17, 15) is 0 Å². The Bertz CT molecular complexity index is 769. The fourth-order valence-corrected chi connectivity index (χ4v) is 2.48. The lowest BCUT2D eigenvalue weighted by Gasteiger charge is -2.08. The normalized spacial score (nSPS) is 11.0. The summed E-state index contributed by atoms with van der Waals surface area (Å²) >= 11 is 0. The van der Waals surface area contributed by atoms with Crippen molar-refractivity contribution < 1.29 is 9.47 Å². The molecule has 0 amide bonds. The largest absolute Gasteiger partial charge is 0.494 e. The minimum absolute atomic E-state index is 0.0353. The predicted octanol–water partition coefficient (Wildman–Crippen LogP) is 4.21. The highest BCUT2D eigenvalue weighted by Gasteiger charge is 1.97. The highest BCUT2D eigenvalue weighted by atomic mass is 16.5. The van der Waals surface area contributed by atoms with Gasteiger partial charge in [-0.25, -0.2) is 0 Å². The van der Waals surface area contributed by atoms with Crippen LogP contribution in [-0.4, -0.2) is 24.9 Å². The Morgan fingerprint density at radius 1 is 0.655 bits per heavy atom. The Morgan fingerprint density at radius 3 is 1.38 bits per heavy atom. The SMILES string of the molecule is N=C(N)C=Cc1ccc(OCCCCCOc2ccc(C=CC(=N)N)cc2)cc1. The van der Waals surface area contributed by atoms with E-state index in [0.717, 1.165) is 41.9 Å². The van der Waals surface area contributed by atoms with E-state index in [1.54, 1.807) is 24.3 Å². The first-order valence-electron chi connectivity index (χ1n) is 9.53. The number of nitrogens with two attached hydrogens (primary N) is 2. The molecular weight excluding hydrogens is 364 g/mol. The first-order chi connectivity index (χ1) is 14.0. The average Bonchev–Trinajstić information content (AvgIpc) is 2.71. The van der Waals surface area contributed by atoms with Crippen LogP contribution in [0.15, 0.2) is 60.7 Å². The Balaban J connectivity index is 1.58. The van der Waals surface area contributed by atoms with E-state index >= 15 is 0 Å². The third kappa shape index (κ3) is 9.28. The van der Waals surface area contributed by atoms with E-state index in [2.05, 4.69) is 0 Å². The highest BCUT2D eigenvalue weighted by molar-refractivity contribution is 5.93. The monoisotopic (exact) mass is 392 g/mol. The molecule has 0 spiro atoms. The lowest BCUT2D eigenvalue weighted by molar-refractivity contribution is 0.279. The molecule has 0 aliphatic carbocycles. The summed E-state index contributed by atoms with van der Waals surface area (Å²) < 4.78 is 11.5. The molecule has 0 fully saturated rings. The second kappa shape index (κ2) is 12.0. The molecule has 0 unspecified atom stereocenters. The van der Waals surface area contributed by atoms with Crippen LogP contribution in [0.3, 0.4) is 0 Å². The van der Waals surface area contributed by atoms with Gasteiger partial charge in [-0.05, 0) is 66.8 Å². The quantitative estimate of drug-likeness (QED) is 0.246. The van der Waals surface area contributed by atoms with Crippen LogP contribution in [-0.2, 0) is 0 Å². The molecule has 6 heteroatoms. The summed E-state index contributed by atoms with van der Waals surface area (Å²) in [5, 5.41) is 14.4. The molecule has 0 saturated heterocycles. The lowest BCUT2D eigenvalue weighted by atomic mass is 10.2. The van der Waals surface area contributed by atoms with E-state index in [4.69, 9.17) is 31.8 Å². The van der Waals surface area contributed by atoms with Gasteiger partial charge in [0.05, 0.1) is 13.2 Å². The van der Waals surface area contributed by atoms with E-state index in [-0.39, 0.29) is 11.7 Å². The van der Waals surface area contributed by atoms with Crippen molar-refractivity contribution in [3.63, 3.8) is 0 Å². The first kappa shape index (κ1) is 21.8. The van der Waals surface area contributed by atoms with Gasteiger partial charge in [-0.15, -0.1) is 0 Å². The molecule has 152 valence electrons. The Hall–Kier alpha value is -3.54. The molecule has 0 heterocycles. The fraction of sp³-hybridized carbons (Fsp3) is 0.217. The number of ether oxygens (including phenoxy) is 2. The van der Waals surface area contributed by atoms with Crippen molar-refractivity contribution in [1.29, 1.82) is 10.8 Å². The summed E-state index contributed by atoms with van der Waals surface area (Å²) in [5.41, 5.74) is 12.5. The van der Waals surface area contributed by atoms with Crippen molar-refractivity contribution in [1.82, 2.24) is 0 Å². The molecule has 0 aliphatic heterocycles. The molecular formula is C23H28N4O2. The van der Waals surface area contributed by atoms with Crippen LogP contribution >= 0.6 is 0 Å². The number of nitrogens with one attached hydrogen (secondary N) is 2. The zero-order valence-corrected chi connectivity index (χ0v) is 16.4. The smallest absolute Gasteiger partial charge is 0.119 e. The van der Waals surface area contributed by atoms with Crippen molar-refractivity contribution in [3.8, 4) is 11.5 Å². The molecule has 2 aromatic rings. The number of unbranched alkanes of at least 4 members (excludes halogenated alkanes) is 2. The molecule has 6 nitrogen and oxygen atoms in total. The van der Waals surface area contributed by atoms with Gasteiger partial charge in [-0.3, -0.25) is 10.8 Å². The zero-order valence-electron chi connectivity index (χ0n) is 16.4. The van der Waals surface area contributed by atoms with E-state index < -0.39 is 0 Å². The standard InChI is InChI=1S/C23H28N4O2/c24-22(25)14-8-18-4-10-20(11-5-18)28-16-2-1-3-17-29-21-12-6-19(7-13-21)9-15-23(26)27/h4-15H,1-3,16-17H2,(H3,24,25)(H3,26,27). The minimum Gasteiger partial charge on any atom is -0.494 e. The Morgan fingerprint density at radius 2 is 1.03 bits per heavy atom. The highest BCUT2D eigenvalue weighted by Crippen LogP contribution is 2.15. The van der Waals surface area contributed by atoms with Gasteiger partial charge in [0.1, 0.15) is 23.2 Å². The summed E-state index contributed by atoms with van der Waals surface area (Å²) in [5.74, 6) is 1.74. The first-order valence-corrected chi connectivity index (χ1v) is 9.53. The topological polar surface area (TPSA) is 118 Å². The van der Waals surface area contributed by atoms with Crippen molar-refractivity contribution in [2.45, 2.75) is 19.3 Å². The van der Waals surface area contributed by atoms with Crippen molar-refractivity contribution in [2.75, 3.05) is 13.2 Å². The van der Waals surface area contributed by atoms with Crippen LogP contribution < -0.4 is 20.9 Å². The maximum Gasteiger partial charge on any atom is 0.119 e. The Labute approximate surface area is 171 Å². The summed E-state index contributed by atoms with van der Waals surface area (Å²) in [6.45, 7) is 1.33. The van der Waals surface area contributed by atoms with Gasteiger partial charge in [0.25, 0.3) is 0 Å². The van der Waals surface area contributed by atoms with Crippen molar-refractivity contribution >= 4 is 23.8 Å². The van der Waals surface area contributed by atoms with Gasteiger partial charge in [0.15, 0.2) is 0 Å². The molecule has 0 atom stereocenters. The molecule has 6 N–H and O–H groups in total. The molecule has 0 aliphatic rings. The van der Waals surface area contributed by atoms with Crippen molar-refractivity contribution in [2.24, 2.45) is 11.5 Å². The zero-order chi connectivity index (χ0) is 20.9. The van der Waals surface area contributed by atoms with Crippen LogP contribution in [0, 0.1) is 10.8 Å². The summed E-state index contributed by atoms with van der Waals surface area (Å²) in [4.78, 5) is 0. The number of rotatable bonds is 12. The van der Waals surface area contributed by atoms with Gasteiger partial charge in [0.2, 0.25) is 0 Å². The van der Waals surface area contributed by atoms with Crippen LogP contribution in [0.2, 0.25) is 0 Å². The predicted molar refractivity (Wildman–Crippen MR) is 120 cm³/mol. The average molecular weight is 393 g/mol. The maximum absolute atomic E-state index is 7.18. The van der Waals surface area contributed by atoms with Gasteiger partial charge in [-0.2, -0.15) is 0 Å². The molecule has 0 bridgehead atoms. The molecule has 2 rings (SSSR count). The summed E-state index contributed by atoms with van der Waals surface area (Å²) in [7, 11) is 0. The number of hydrogen-bond acceptors (Lipinski definition) is 4. The third-order valence-electron chi connectivity index (χ3n) is 4.00. The van der Waals surface area contributed by atoms with Crippen LogP contribution in [0.4, 0.5) is 0 Å². The van der Waals surface area contributed by atoms with E-state index in [1.165, 1.54) is 0 Å². The van der Waals surface area contributed by atoms with Gasteiger partial charge in [-0.1, -0.05) is 36.4 Å².